The maximum atomic E-state index is 13.2. The predicted molar refractivity (Wildman–Crippen MR) is 78.2 cm³/mol. The van der Waals surface area contributed by atoms with Crippen molar-refractivity contribution < 1.29 is 9.13 Å². The molecule has 0 aliphatic heterocycles. The van der Waals surface area contributed by atoms with E-state index in [-0.39, 0.29) is 11.9 Å². The van der Waals surface area contributed by atoms with Gasteiger partial charge in [0.15, 0.2) is 0 Å². The van der Waals surface area contributed by atoms with Gasteiger partial charge in [-0.25, -0.2) is 10.2 Å². The zero-order valence-corrected chi connectivity index (χ0v) is 11.9. The zero-order valence-electron chi connectivity index (χ0n) is 11.9. The van der Waals surface area contributed by atoms with Gasteiger partial charge in [-0.1, -0.05) is 0 Å². The van der Waals surface area contributed by atoms with Crippen LogP contribution in [-0.2, 0) is 0 Å². The Hall–Kier alpha value is -2.68. The Morgan fingerprint density at radius 3 is 2.52 bits per heavy atom. The van der Waals surface area contributed by atoms with E-state index < -0.39 is 5.82 Å². The molecule has 4 N–H and O–H groups in total. The second-order valence-electron chi connectivity index (χ2n) is 4.29. The third-order valence-electron chi connectivity index (χ3n) is 2.56. The topological polar surface area (TPSA) is 101 Å². The van der Waals surface area contributed by atoms with Crippen LogP contribution in [0.1, 0.15) is 0 Å². The minimum atomic E-state index is -0.397. The number of hydrogen-bond donors (Lipinski definition) is 3. The molecule has 0 atom stereocenters. The van der Waals surface area contributed by atoms with Crippen LogP contribution in [0, 0.1) is 5.82 Å². The summed E-state index contributed by atoms with van der Waals surface area (Å²) in [6.07, 6.45) is 0. The number of anilines is 4. The number of nitrogens with two attached hydrogens (primary N) is 1. The van der Waals surface area contributed by atoms with E-state index in [2.05, 4.69) is 25.7 Å². The molecule has 0 saturated heterocycles. The van der Waals surface area contributed by atoms with E-state index in [0.717, 1.165) is 0 Å². The van der Waals surface area contributed by atoms with Crippen molar-refractivity contribution in [1.29, 1.82) is 0 Å². The lowest BCUT2D eigenvalue weighted by molar-refractivity contribution is 0.413. The molecule has 0 aliphatic rings. The smallest absolute Gasteiger partial charge is 0.243 e. The number of ether oxygens (including phenoxy) is 1. The molecule has 9 heteroatoms. The zero-order chi connectivity index (χ0) is 15.4. The second kappa shape index (κ2) is 6.18. The summed E-state index contributed by atoms with van der Waals surface area (Å²) in [6.45, 7) is 0. The average molecular weight is 293 g/mol. The molecule has 0 unspecified atom stereocenters. The third kappa shape index (κ3) is 3.45. The van der Waals surface area contributed by atoms with Gasteiger partial charge in [0.25, 0.3) is 0 Å². The number of halogens is 1. The Kier molecular flexibility index (Phi) is 4.33. The third-order valence-corrected chi connectivity index (χ3v) is 2.56. The molecule has 0 radical (unpaired) electrons. The standard InChI is InChI=1S/C12H16FN7O/c1-20(2)12-17-10(16-11(18-12)19-14)15-8-5-4-7(13)6-9(8)21-3/h4-6H,14H2,1-3H3,(H2,15,16,17,18,19). The van der Waals surface area contributed by atoms with Gasteiger partial charge in [-0.05, 0) is 12.1 Å². The highest BCUT2D eigenvalue weighted by Crippen LogP contribution is 2.27. The number of hydrazine groups is 1. The van der Waals surface area contributed by atoms with Crippen LogP contribution in [0.2, 0.25) is 0 Å². The van der Waals surface area contributed by atoms with E-state index >= 15 is 0 Å². The van der Waals surface area contributed by atoms with Crippen LogP contribution >= 0.6 is 0 Å². The number of rotatable bonds is 5. The van der Waals surface area contributed by atoms with E-state index in [0.29, 0.717) is 17.4 Å². The van der Waals surface area contributed by atoms with E-state index in [1.807, 2.05) is 0 Å². The summed E-state index contributed by atoms with van der Waals surface area (Å²) in [5.74, 6) is 6.15. The first kappa shape index (κ1) is 14.7. The molecular formula is C12H16FN7O. The molecule has 0 bridgehead atoms. The van der Waals surface area contributed by atoms with Crippen LogP contribution in [-0.4, -0.2) is 36.2 Å². The van der Waals surface area contributed by atoms with Crippen molar-refractivity contribution in [1.82, 2.24) is 15.0 Å². The van der Waals surface area contributed by atoms with Gasteiger partial charge in [-0.15, -0.1) is 0 Å². The van der Waals surface area contributed by atoms with Crippen molar-refractivity contribution in [3.05, 3.63) is 24.0 Å². The van der Waals surface area contributed by atoms with Crippen molar-refractivity contribution in [3.8, 4) is 5.75 Å². The summed E-state index contributed by atoms with van der Waals surface area (Å²) >= 11 is 0. The first-order chi connectivity index (χ1) is 10.0. The minimum Gasteiger partial charge on any atom is -0.494 e. The Bertz CT molecular complexity index is 635. The number of methoxy groups -OCH3 is 1. The lowest BCUT2D eigenvalue weighted by Gasteiger charge is -2.14. The number of benzene rings is 1. The number of hydrogen-bond acceptors (Lipinski definition) is 8. The fraction of sp³-hybridized carbons (Fsp3) is 0.250. The SMILES string of the molecule is COc1cc(F)ccc1Nc1nc(NN)nc(N(C)C)n1. The number of nitrogens with one attached hydrogen (secondary N) is 2. The summed E-state index contributed by atoms with van der Waals surface area (Å²) < 4.78 is 18.3. The Labute approximate surface area is 121 Å². The van der Waals surface area contributed by atoms with Gasteiger partial charge >= 0.3 is 0 Å². The molecule has 0 saturated carbocycles. The van der Waals surface area contributed by atoms with Crippen LogP contribution in [0.4, 0.5) is 27.9 Å². The van der Waals surface area contributed by atoms with Gasteiger partial charge in [0.2, 0.25) is 17.8 Å². The van der Waals surface area contributed by atoms with Crippen molar-refractivity contribution in [2.24, 2.45) is 5.84 Å². The quantitative estimate of drug-likeness (QED) is 0.557. The average Bonchev–Trinajstić information content (AvgIpc) is 2.48. The Morgan fingerprint density at radius 2 is 1.90 bits per heavy atom. The predicted octanol–water partition coefficient (Wildman–Crippen LogP) is 1.11. The van der Waals surface area contributed by atoms with E-state index in [1.54, 1.807) is 19.0 Å². The molecule has 0 fully saturated rings. The largest absolute Gasteiger partial charge is 0.494 e. The molecule has 0 spiro atoms. The molecule has 21 heavy (non-hydrogen) atoms. The maximum Gasteiger partial charge on any atom is 0.243 e. The minimum absolute atomic E-state index is 0.206. The summed E-state index contributed by atoms with van der Waals surface area (Å²) in [7, 11) is 5.03. The van der Waals surface area contributed by atoms with Crippen molar-refractivity contribution in [2.75, 3.05) is 36.8 Å². The molecule has 1 aromatic heterocycles. The fourth-order valence-electron chi connectivity index (χ4n) is 1.57. The van der Waals surface area contributed by atoms with Gasteiger partial charge in [-0.3, -0.25) is 5.43 Å². The van der Waals surface area contributed by atoms with E-state index in [9.17, 15) is 4.39 Å². The summed E-state index contributed by atoms with van der Waals surface area (Å²) in [4.78, 5) is 14.1. The molecule has 2 aromatic rings. The normalized spacial score (nSPS) is 10.1. The molecule has 0 amide bonds. The van der Waals surface area contributed by atoms with E-state index in [1.165, 1.54) is 25.3 Å². The number of nitrogens with zero attached hydrogens (tertiary/aromatic N) is 4. The summed E-state index contributed by atoms with van der Waals surface area (Å²) in [6, 6.07) is 4.10. The van der Waals surface area contributed by atoms with Crippen LogP contribution in [0.5, 0.6) is 5.75 Å². The van der Waals surface area contributed by atoms with Crippen LogP contribution < -0.4 is 26.2 Å². The van der Waals surface area contributed by atoms with E-state index in [4.69, 9.17) is 10.6 Å². The van der Waals surface area contributed by atoms with Gasteiger partial charge in [-0.2, -0.15) is 15.0 Å². The molecule has 0 aliphatic carbocycles. The van der Waals surface area contributed by atoms with Gasteiger partial charge in [0.05, 0.1) is 12.8 Å². The van der Waals surface area contributed by atoms with Crippen LogP contribution in [0.3, 0.4) is 0 Å². The van der Waals surface area contributed by atoms with Crippen molar-refractivity contribution in [3.63, 3.8) is 0 Å². The molecule has 8 nitrogen and oxygen atoms in total. The second-order valence-corrected chi connectivity index (χ2v) is 4.29. The highest BCUT2D eigenvalue weighted by molar-refractivity contribution is 5.63. The Morgan fingerprint density at radius 1 is 1.19 bits per heavy atom. The fourth-order valence-corrected chi connectivity index (χ4v) is 1.57. The number of aromatic nitrogens is 3. The van der Waals surface area contributed by atoms with Crippen LogP contribution in [0.25, 0.3) is 0 Å². The molecule has 112 valence electrons. The number of nitrogen functional groups attached to an aromatic ring is 1. The molecule has 1 aromatic carbocycles. The molecule has 1 heterocycles. The van der Waals surface area contributed by atoms with Gasteiger partial charge in [0, 0.05) is 20.2 Å². The van der Waals surface area contributed by atoms with Gasteiger partial charge < -0.3 is 15.0 Å². The van der Waals surface area contributed by atoms with Crippen LogP contribution in [0.15, 0.2) is 18.2 Å². The highest BCUT2D eigenvalue weighted by atomic mass is 19.1. The Balaban J connectivity index is 2.37. The monoisotopic (exact) mass is 293 g/mol. The lowest BCUT2D eigenvalue weighted by Crippen LogP contribution is -2.18. The maximum absolute atomic E-state index is 13.2. The molecule has 2 rings (SSSR count). The van der Waals surface area contributed by atoms with Gasteiger partial charge in [0.1, 0.15) is 11.6 Å². The summed E-state index contributed by atoms with van der Waals surface area (Å²) in [5.41, 5.74) is 2.89. The summed E-state index contributed by atoms with van der Waals surface area (Å²) in [5, 5.41) is 2.94. The highest BCUT2D eigenvalue weighted by Gasteiger charge is 2.10. The van der Waals surface area contributed by atoms with Crippen molar-refractivity contribution in [2.45, 2.75) is 0 Å². The van der Waals surface area contributed by atoms with Crippen molar-refractivity contribution >= 4 is 23.5 Å². The first-order valence-electron chi connectivity index (χ1n) is 6.04. The first-order valence-corrected chi connectivity index (χ1v) is 6.04. The molecular weight excluding hydrogens is 277 g/mol. The lowest BCUT2D eigenvalue weighted by atomic mass is 10.3.